The summed E-state index contributed by atoms with van der Waals surface area (Å²) < 4.78 is 16.5. The van der Waals surface area contributed by atoms with Gasteiger partial charge in [0.2, 0.25) is 0 Å². The summed E-state index contributed by atoms with van der Waals surface area (Å²) in [6, 6.07) is 18.7. The molecule has 0 amide bonds. The van der Waals surface area contributed by atoms with E-state index in [2.05, 4.69) is 6.58 Å². The second kappa shape index (κ2) is 8.52. The molecule has 1 atom stereocenters. The Morgan fingerprint density at radius 1 is 0.955 bits per heavy atom. The lowest BCUT2D eigenvalue weighted by Gasteiger charge is -2.19. The van der Waals surface area contributed by atoms with E-state index in [-0.39, 0.29) is 13.2 Å². The van der Waals surface area contributed by atoms with Crippen molar-refractivity contribution in [3.8, 4) is 11.5 Å². The van der Waals surface area contributed by atoms with Crippen LogP contribution in [0, 0.1) is 0 Å². The highest BCUT2D eigenvalue weighted by Crippen LogP contribution is 2.13. The molecule has 114 valence electrons. The Hall–Kier alpha value is -2.75. The Balaban J connectivity index is 1.94. The molecule has 0 aliphatic heterocycles. The lowest BCUT2D eigenvalue weighted by molar-refractivity contribution is -0.140. The molecule has 0 saturated carbocycles. The number of benzene rings is 2. The van der Waals surface area contributed by atoms with E-state index in [1.165, 1.54) is 0 Å². The number of para-hydroxylation sites is 2. The zero-order valence-electron chi connectivity index (χ0n) is 12.2. The first-order chi connectivity index (χ1) is 10.8. The zero-order valence-corrected chi connectivity index (χ0v) is 12.2. The van der Waals surface area contributed by atoms with Crippen LogP contribution in [-0.2, 0) is 9.53 Å². The van der Waals surface area contributed by atoms with E-state index in [0.29, 0.717) is 5.75 Å². The summed E-state index contributed by atoms with van der Waals surface area (Å²) in [4.78, 5) is 11.2. The third-order valence-corrected chi connectivity index (χ3v) is 2.80. The highest BCUT2D eigenvalue weighted by atomic mass is 16.6. The van der Waals surface area contributed by atoms with Gasteiger partial charge in [-0.25, -0.2) is 4.79 Å². The average Bonchev–Trinajstić information content (AvgIpc) is 2.58. The van der Waals surface area contributed by atoms with Gasteiger partial charge in [-0.05, 0) is 24.3 Å². The van der Waals surface area contributed by atoms with E-state index in [4.69, 9.17) is 14.2 Å². The molecule has 2 aromatic rings. The summed E-state index contributed by atoms with van der Waals surface area (Å²) >= 11 is 0. The van der Waals surface area contributed by atoms with Crippen molar-refractivity contribution < 1.29 is 19.0 Å². The van der Waals surface area contributed by atoms with Gasteiger partial charge in [-0.1, -0.05) is 43.0 Å². The quantitative estimate of drug-likeness (QED) is 0.554. The van der Waals surface area contributed by atoms with Crippen molar-refractivity contribution in [3.63, 3.8) is 0 Å². The van der Waals surface area contributed by atoms with E-state index in [1.54, 1.807) is 0 Å². The van der Waals surface area contributed by atoms with Crippen LogP contribution in [0.3, 0.4) is 0 Å². The SMILES string of the molecule is C=CC(=O)OCC(COc1ccccc1)Oc1ccccc1. The predicted molar refractivity (Wildman–Crippen MR) is 84.0 cm³/mol. The van der Waals surface area contributed by atoms with E-state index >= 15 is 0 Å². The van der Waals surface area contributed by atoms with Gasteiger partial charge in [0.1, 0.15) is 24.7 Å². The molecule has 0 aliphatic carbocycles. The number of hydrogen-bond donors (Lipinski definition) is 0. The van der Waals surface area contributed by atoms with Gasteiger partial charge in [-0.2, -0.15) is 0 Å². The molecule has 2 aromatic carbocycles. The van der Waals surface area contributed by atoms with E-state index in [1.807, 2.05) is 60.7 Å². The standard InChI is InChI=1S/C18H18O4/c1-2-18(19)21-14-17(22-16-11-7-4-8-12-16)13-20-15-9-5-3-6-10-15/h2-12,17H,1,13-14H2. The van der Waals surface area contributed by atoms with Gasteiger partial charge < -0.3 is 14.2 Å². The number of carbonyl (C=O) groups excluding carboxylic acids is 1. The fraction of sp³-hybridized carbons (Fsp3) is 0.167. The van der Waals surface area contributed by atoms with Crippen molar-refractivity contribution in [1.29, 1.82) is 0 Å². The molecule has 2 rings (SSSR count). The molecule has 22 heavy (non-hydrogen) atoms. The first-order valence-corrected chi connectivity index (χ1v) is 6.96. The smallest absolute Gasteiger partial charge is 0.330 e. The highest BCUT2D eigenvalue weighted by molar-refractivity contribution is 5.81. The number of carbonyl (C=O) groups is 1. The van der Waals surface area contributed by atoms with Crippen molar-refractivity contribution in [2.75, 3.05) is 13.2 Å². The van der Waals surface area contributed by atoms with Crippen LogP contribution in [0.4, 0.5) is 0 Å². The maximum absolute atomic E-state index is 11.2. The molecule has 4 nitrogen and oxygen atoms in total. The monoisotopic (exact) mass is 298 g/mol. The number of ether oxygens (including phenoxy) is 3. The van der Waals surface area contributed by atoms with Crippen LogP contribution >= 0.6 is 0 Å². The van der Waals surface area contributed by atoms with Crippen LogP contribution in [0.15, 0.2) is 73.3 Å². The summed E-state index contributed by atoms with van der Waals surface area (Å²) in [7, 11) is 0. The normalized spacial score (nSPS) is 11.3. The van der Waals surface area contributed by atoms with Crippen LogP contribution < -0.4 is 9.47 Å². The molecule has 0 bridgehead atoms. The lowest BCUT2D eigenvalue weighted by atomic mass is 10.3. The maximum Gasteiger partial charge on any atom is 0.330 e. The molecule has 0 N–H and O–H groups in total. The molecule has 0 aromatic heterocycles. The Kier molecular flexibility index (Phi) is 6.05. The van der Waals surface area contributed by atoms with Crippen molar-refractivity contribution in [2.45, 2.75) is 6.10 Å². The molecule has 0 heterocycles. The summed E-state index contributed by atoms with van der Waals surface area (Å²) in [5, 5.41) is 0. The summed E-state index contributed by atoms with van der Waals surface area (Å²) in [5.74, 6) is 0.944. The van der Waals surface area contributed by atoms with Gasteiger partial charge in [-0.15, -0.1) is 0 Å². The van der Waals surface area contributed by atoms with Crippen molar-refractivity contribution in [3.05, 3.63) is 73.3 Å². The highest BCUT2D eigenvalue weighted by Gasteiger charge is 2.14. The summed E-state index contributed by atoms with van der Waals surface area (Å²) in [5.41, 5.74) is 0. The van der Waals surface area contributed by atoms with Gasteiger partial charge in [0.05, 0.1) is 0 Å². The molecule has 0 saturated heterocycles. The molecule has 1 unspecified atom stereocenters. The van der Waals surface area contributed by atoms with Crippen LogP contribution in [0.2, 0.25) is 0 Å². The molecule has 4 heteroatoms. The predicted octanol–water partition coefficient (Wildman–Crippen LogP) is 3.24. The fourth-order valence-corrected chi connectivity index (χ4v) is 1.75. The third kappa shape index (κ3) is 5.32. The molecule has 0 spiro atoms. The van der Waals surface area contributed by atoms with Crippen molar-refractivity contribution in [1.82, 2.24) is 0 Å². The Morgan fingerprint density at radius 3 is 2.14 bits per heavy atom. The van der Waals surface area contributed by atoms with Gasteiger partial charge in [0.15, 0.2) is 6.10 Å². The van der Waals surface area contributed by atoms with Crippen molar-refractivity contribution >= 4 is 5.97 Å². The van der Waals surface area contributed by atoms with Gasteiger partial charge in [0, 0.05) is 6.08 Å². The van der Waals surface area contributed by atoms with Crippen LogP contribution in [0.1, 0.15) is 0 Å². The fourth-order valence-electron chi connectivity index (χ4n) is 1.75. The van der Waals surface area contributed by atoms with Crippen molar-refractivity contribution in [2.24, 2.45) is 0 Å². The van der Waals surface area contributed by atoms with E-state index < -0.39 is 12.1 Å². The average molecular weight is 298 g/mol. The first-order valence-electron chi connectivity index (χ1n) is 6.96. The summed E-state index contributed by atoms with van der Waals surface area (Å²) in [6.45, 7) is 3.73. The van der Waals surface area contributed by atoms with Crippen LogP contribution in [-0.4, -0.2) is 25.3 Å². The second-order valence-corrected chi connectivity index (χ2v) is 4.51. The van der Waals surface area contributed by atoms with Gasteiger partial charge in [-0.3, -0.25) is 0 Å². The van der Waals surface area contributed by atoms with Gasteiger partial charge in [0.25, 0.3) is 0 Å². The Bertz CT molecular complexity index is 581. The lowest BCUT2D eigenvalue weighted by Crippen LogP contribution is -2.31. The summed E-state index contributed by atoms with van der Waals surface area (Å²) in [6.07, 6.45) is 0.712. The molecule has 0 aliphatic rings. The minimum absolute atomic E-state index is 0.0899. The third-order valence-electron chi connectivity index (χ3n) is 2.80. The Morgan fingerprint density at radius 2 is 1.55 bits per heavy atom. The maximum atomic E-state index is 11.2. The van der Waals surface area contributed by atoms with E-state index in [0.717, 1.165) is 11.8 Å². The Labute approximate surface area is 129 Å². The number of hydrogen-bond acceptors (Lipinski definition) is 4. The first kappa shape index (κ1) is 15.6. The number of esters is 1. The van der Waals surface area contributed by atoms with Gasteiger partial charge >= 0.3 is 5.97 Å². The minimum atomic E-state index is -0.485. The topological polar surface area (TPSA) is 44.8 Å². The number of rotatable bonds is 8. The minimum Gasteiger partial charge on any atom is -0.490 e. The molecular weight excluding hydrogens is 280 g/mol. The largest absolute Gasteiger partial charge is 0.490 e. The molecular formula is C18H18O4. The molecule has 0 fully saturated rings. The second-order valence-electron chi connectivity index (χ2n) is 4.51. The zero-order chi connectivity index (χ0) is 15.6. The van der Waals surface area contributed by atoms with Crippen LogP contribution in [0.5, 0.6) is 11.5 Å². The molecule has 0 radical (unpaired) electrons. The van der Waals surface area contributed by atoms with Crippen LogP contribution in [0.25, 0.3) is 0 Å². The van der Waals surface area contributed by atoms with E-state index in [9.17, 15) is 4.79 Å².